The smallest absolute Gasteiger partial charge is 0.0837 e. The fourth-order valence-corrected chi connectivity index (χ4v) is 3.27. The Kier molecular flexibility index (Phi) is 6.08. The normalized spacial score (nSPS) is 24.0. The van der Waals surface area contributed by atoms with Crippen LogP contribution < -0.4 is 5.32 Å². The summed E-state index contributed by atoms with van der Waals surface area (Å²) in [6, 6.07) is 13.2. The standard InChI is InChI=1S/C18H26N2/c1-2-6-15-9-11-18(12-10-15)20-14-17(13-19)16-7-4-3-5-8-16/h3-5,7-8,15,17-18,20H,2,6,9-12,14H2,1H3. The van der Waals surface area contributed by atoms with E-state index in [9.17, 15) is 5.26 Å². The molecule has 2 nitrogen and oxygen atoms in total. The van der Waals surface area contributed by atoms with Crippen molar-refractivity contribution >= 4 is 0 Å². The van der Waals surface area contributed by atoms with E-state index in [1.165, 1.54) is 38.5 Å². The minimum Gasteiger partial charge on any atom is -0.312 e. The highest BCUT2D eigenvalue weighted by Gasteiger charge is 2.21. The van der Waals surface area contributed by atoms with Crippen molar-refractivity contribution in [2.45, 2.75) is 57.4 Å². The van der Waals surface area contributed by atoms with Gasteiger partial charge in [-0.2, -0.15) is 5.26 Å². The molecule has 2 rings (SSSR count). The molecule has 0 aliphatic heterocycles. The van der Waals surface area contributed by atoms with Crippen molar-refractivity contribution < 1.29 is 0 Å². The van der Waals surface area contributed by atoms with Crippen LogP contribution in [0.1, 0.15) is 56.9 Å². The maximum Gasteiger partial charge on any atom is 0.0837 e. The van der Waals surface area contributed by atoms with Gasteiger partial charge in [-0.05, 0) is 37.2 Å². The monoisotopic (exact) mass is 270 g/mol. The number of rotatable bonds is 6. The Morgan fingerprint density at radius 3 is 2.50 bits per heavy atom. The summed E-state index contributed by atoms with van der Waals surface area (Å²) in [5.41, 5.74) is 1.13. The lowest BCUT2D eigenvalue weighted by Crippen LogP contribution is -2.35. The molecule has 20 heavy (non-hydrogen) atoms. The van der Waals surface area contributed by atoms with Gasteiger partial charge in [0.1, 0.15) is 0 Å². The number of hydrogen-bond acceptors (Lipinski definition) is 2. The molecule has 1 unspecified atom stereocenters. The summed E-state index contributed by atoms with van der Waals surface area (Å²) in [6.07, 6.45) is 7.96. The molecule has 1 aliphatic carbocycles. The zero-order valence-electron chi connectivity index (χ0n) is 12.5. The summed E-state index contributed by atoms with van der Waals surface area (Å²) >= 11 is 0. The van der Waals surface area contributed by atoms with E-state index in [0.717, 1.165) is 18.0 Å². The summed E-state index contributed by atoms with van der Waals surface area (Å²) in [4.78, 5) is 0. The van der Waals surface area contributed by atoms with Crippen LogP contribution >= 0.6 is 0 Å². The second kappa shape index (κ2) is 8.07. The van der Waals surface area contributed by atoms with Crippen LogP contribution in [0.25, 0.3) is 0 Å². The second-order valence-electron chi connectivity index (χ2n) is 6.01. The molecule has 108 valence electrons. The molecule has 1 N–H and O–H groups in total. The van der Waals surface area contributed by atoms with E-state index in [-0.39, 0.29) is 5.92 Å². The quantitative estimate of drug-likeness (QED) is 0.839. The SMILES string of the molecule is CCCC1CCC(NCC(C#N)c2ccccc2)CC1. The van der Waals surface area contributed by atoms with Crippen molar-refractivity contribution in [3.63, 3.8) is 0 Å². The summed E-state index contributed by atoms with van der Waals surface area (Å²) < 4.78 is 0. The maximum atomic E-state index is 9.33. The summed E-state index contributed by atoms with van der Waals surface area (Å²) in [5, 5.41) is 12.9. The first kappa shape index (κ1) is 15.1. The molecule has 1 aromatic rings. The van der Waals surface area contributed by atoms with Gasteiger partial charge in [0.25, 0.3) is 0 Å². The fourth-order valence-electron chi connectivity index (χ4n) is 3.27. The van der Waals surface area contributed by atoms with Gasteiger partial charge in [-0.15, -0.1) is 0 Å². The third-order valence-corrected chi connectivity index (χ3v) is 4.51. The van der Waals surface area contributed by atoms with E-state index < -0.39 is 0 Å². The van der Waals surface area contributed by atoms with Gasteiger partial charge in [-0.1, -0.05) is 50.1 Å². The van der Waals surface area contributed by atoms with Gasteiger partial charge in [-0.3, -0.25) is 0 Å². The number of nitrogens with zero attached hydrogens (tertiary/aromatic N) is 1. The van der Waals surface area contributed by atoms with Crippen molar-refractivity contribution in [2.24, 2.45) is 5.92 Å². The zero-order chi connectivity index (χ0) is 14.2. The van der Waals surface area contributed by atoms with Gasteiger partial charge in [-0.25, -0.2) is 0 Å². The molecular weight excluding hydrogens is 244 g/mol. The maximum absolute atomic E-state index is 9.33. The first-order valence-corrected chi connectivity index (χ1v) is 8.01. The van der Waals surface area contributed by atoms with E-state index in [1.54, 1.807) is 0 Å². The average molecular weight is 270 g/mol. The van der Waals surface area contributed by atoms with E-state index >= 15 is 0 Å². The molecule has 0 aromatic heterocycles. The number of benzene rings is 1. The van der Waals surface area contributed by atoms with E-state index in [0.29, 0.717) is 6.04 Å². The highest BCUT2D eigenvalue weighted by Crippen LogP contribution is 2.28. The minimum absolute atomic E-state index is 0.0236. The average Bonchev–Trinajstić information content (AvgIpc) is 2.51. The zero-order valence-corrected chi connectivity index (χ0v) is 12.5. The molecule has 0 radical (unpaired) electrons. The van der Waals surface area contributed by atoms with Crippen LogP contribution in [0.5, 0.6) is 0 Å². The van der Waals surface area contributed by atoms with Crippen LogP contribution in [-0.2, 0) is 0 Å². The lowest BCUT2D eigenvalue weighted by atomic mass is 9.83. The summed E-state index contributed by atoms with van der Waals surface area (Å²) in [7, 11) is 0. The third-order valence-electron chi connectivity index (χ3n) is 4.51. The van der Waals surface area contributed by atoms with E-state index in [4.69, 9.17) is 0 Å². The fraction of sp³-hybridized carbons (Fsp3) is 0.611. The predicted molar refractivity (Wildman–Crippen MR) is 83.5 cm³/mol. The summed E-state index contributed by atoms with van der Waals surface area (Å²) in [6.45, 7) is 3.06. The van der Waals surface area contributed by atoms with Crippen LogP contribution in [0, 0.1) is 17.2 Å². The Hall–Kier alpha value is -1.33. The molecule has 1 aliphatic rings. The van der Waals surface area contributed by atoms with E-state index in [2.05, 4.69) is 18.3 Å². The molecule has 1 aromatic carbocycles. The Bertz CT molecular complexity index is 413. The van der Waals surface area contributed by atoms with E-state index in [1.807, 2.05) is 30.3 Å². The molecule has 0 bridgehead atoms. The lowest BCUT2D eigenvalue weighted by Gasteiger charge is -2.29. The van der Waals surface area contributed by atoms with Crippen LogP contribution in [0.15, 0.2) is 30.3 Å². The molecule has 0 amide bonds. The lowest BCUT2D eigenvalue weighted by molar-refractivity contribution is 0.278. The molecular formula is C18H26N2. The second-order valence-corrected chi connectivity index (χ2v) is 6.01. The van der Waals surface area contributed by atoms with Crippen molar-refractivity contribution in [2.75, 3.05) is 6.54 Å². The largest absolute Gasteiger partial charge is 0.312 e. The van der Waals surface area contributed by atoms with Gasteiger partial charge >= 0.3 is 0 Å². The minimum atomic E-state index is -0.0236. The molecule has 1 saturated carbocycles. The van der Waals surface area contributed by atoms with Gasteiger partial charge in [0.2, 0.25) is 0 Å². The van der Waals surface area contributed by atoms with Gasteiger partial charge in [0, 0.05) is 12.6 Å². The summed E-state index contributed by atoms with van der Waals surface area (Å²) in [5.74, 6) is 0.920. The van der Waals surface area contributed by atoms with Crippen molar-refractivity contribution in [3.05, 3.63) is 35.9 Å². The predicted octanol–water partition coefficient (Wildman–Crippen LogP) is 4.24. The molecule has 0 saturated heterocycles. The van der Waals surface area contributed by atoms with Crippen LogP contribution in [0.3, 0.4) is 0 Å². The first-order valence-electron chi connectivity index (χ1n) is 8.01. The van der Waals surface area contributed by atoms with Crippen molar-refractivity contribution in [3.8, 4) is 6.07 Å². The highest BCUT2D eigenvalue weighted by molar-refractivity contribution is 5.25. The molecule has 0 heterocycles. The Morgan fingerprint density at radius 1 is 1.20 bits per heavy atom. The Morgan fingerprint density at radius 2 is 1.90 bits per heavy atom. The molecule has 0 spiro atoms. The van der Waals surface area contributed by atoms with Gasteiger partial charge in [0.05, 0.1) is 12.0 Å². The first-order chi connectivity index (χ1) is 9.83. The molecule has 1 atom stereocenters. The van der Waals surface area contributed by atoms with Crippen molar-refractivity contribution in [1.82, 2.24) is 5.32 Å². The molecule has 1 fully saturated rings. The van der Waals surface area contributed by atoms with Crippen LogP contribution in [-0.4, -0.2) is 12.6 Å². The number of nitriles is 1. The van der Waals surface area contributed by atoms with Gasteiger partial charge < -0.3 is 5.32 Å². The Balaban J connectivity index is 1.76. The number of hydrogen-bond donors (Lipinski definition) is 1. The Labute approximate surface area is 123 Å². The van der Waals surface area contributed by atoms with Gasteiger partial charge in [0.15, 0.2) is 0 Å². The highest BCUT2D eigenvalue weighted by atomic mass is 14.9. The van der Waals surface area contributed by atoms with Crippen LogP contribution in [0.4, 0.5) is 0 Å². The molecule has 2 heteroatoms. The third kappa shape index (κ3) is 4.35. The van der Waals surface area contributed by atoms with Crippen molar-refractivity contribution in [1.29, 1.82) is 5.26 Å². The van der Waals surface area contributed by atoms with Crippen LogP contribution in [0.2, 0.25) is 0 Å². The number of nitrogens with one attached hydrogen (secondary N) is 1. The topological polar surface area (TPSA) is 35.8 Å².